The topological polar surface area (TPSA) is 82.2 Å². The molecular weight excluding hydrogens is 168 g/mol. The number of amides is 2. The second-order valence-corrected chi connectivity index (χ2v) is 3.14. The molecule has 0 rings (SSSR count). The molecule has 0 unspecified atom stereocenters. The molecule has 5 nitrogen and oxygen atoms in total. The number of nitrogens with one attached hydrogen (secondary N) is 2. The number of nitrogens with zero attached hydrogens (tertiary/aromatic N) is 1. The van der Waals surface area contributed by atoms with Crippen LogP contribution in [0.4, 0.5) is 4.79 Å². The number of amidine groups is 1. The lowest BCUT2D eigenvalue weighted by atomic mass is 10.4. The Morgan fingerprint density at radius 3 is 2.46 bits per heavy atom. The number of likely N-dealkylation sites (N-methyl/N-ethyl adjacent to an activating group) is 1. The minimum Gasteiger partial charge on any atom is -0.386 e. The van der Waals surface area contributed by atoms with Crippen LogP contribution in [0.2, 0.25) is 0 Å². The van der Waals surface area contributed by atoms with Crippen molar-refractivity contribution in [1.29, 1.82) is 5.41 Å². The molecule has 76 valence electrons. The summed E-state index contributed by atoms with van der Waals surface area (Å²) in [4.78, 5) is 12.9. The van der Waals surface area contributed by atoms with E-state index in [4.69, 9.17) is 11.1 Å². The maximum Gasteiger partial charge on any atom is 0.317 e. The second-order valence-electron chi connectivity index (χ2n) is 3.14. The summed E-state index contributed by atoms with van der Waals surface area (Å²) in [5, 5.41) is 9.79. The summed E-state index contributed by atoms with van der Waals surface area (Å²) in [6, 6.07) is -0.0683. The Hall–Kier alpha value is -1.26. The van der Waals surface area contributed by atoms with Gasteiger partial charge in [0.2, 0.25) is 0 Å². The fraction of sp³-hybridized carbons (Fsp3) is 0.750. The van der Waals surface area contributed by atoms with Crippen LogP contribution in [-0.2, 0) is 0 Å². The Balaban J connectivity index is 4.07. The van der Waals surface area contributed by atoms with Gasteiger partial charge in [0.05, 0.1) is 6.54 Å². The molecule has 0 fully saturated rings. The summed E-state index contributed by atoms with van der Waals surface area (Å²) < 4.78 is 0. The molecule has 0 aliphatic carbocycles. The number of carbonyl (C=O) groups excluding carboxylic acids is 1. The Kier molecular flexibility index (Phi) is 4.87. The zero-order valence-corrected chi connectivity index (χ0v) is 8.42. The molecule has 13 heavy (non-hydrogen) atoms. The van der Waals surface area contributed by atoms with Gasteiger partial charge < -0.3 is 16.0 Å². The lowest BCUT2D eigenvalue weighted by Crippen LogP contribution is -2.46. The largest absolute Gasteiger partial charge is 0.386 e. The fourth-order valence-electron chi connectivity index (χ4n) is 0.871. The van der Waals surface area contributed by atoms with Gasteiger partial charge in [-0.25, -0.2) is 4.79 Å². The average Bonchev–Trinajstić information content (AvgIpc) is 1.98. The molecule has 0 saturated carbocycles. The molecule has 0 saturated heterocycles. The van der Waals surface area contributed by atoms with E-state index in [0.29, 0.717) is 6.54 Å². The summed E-state index contributed by atoms with van der Waals surface area (Å²) in [6.07, 6.45) is 0. The van der Waals surface area contributed by atoms with Crippen molar-refractivity contribution in [3.05, 3.63) is 0 Å². The smallest absolute Gasteiger partial charge is 0.317 e. The second kappa shape index (κ2) is 5.40. The molecule has 0 atom stereocenters. The Bertz CT molecular complexity index is 191. The van der Waals surface area contributed by atoms with Crippen molar-refractivity contribution in [2.24, 2.45) is 5.73 Å². The Morgan fingerprint density at radius 2 is 2.15 bits per heavy atom. The standard InChI is InChI=1S/C8H18N4O/c1-4-12(5-7(9)10)8(13)11-6(2)3/h6H,4-5H2,1-3H3,(H3,9,10)(H,11,13). The molecule has 0 aliphatic rings. The molecule has 0 radical (unpaired) electrons. The van der Waals surface area contributed by atoms with E-state index in [2.05, 4.69) is 5.32 Å². The highest BCUT2D eigenvalue weighted by atomic mass is 16.2. The molecule has 5 heteroatoms. The maximum absolute atomic E-state index is 11.4. The van der Waals surface area contributed by atoms with E-state index in [9.17, 15) is 4.79 Å². The first-order valence-corrected chi connectivity index (χ1v) is 4.35. The van der Waals surface area contributed by atoms with Gasteiger partial charge in [0.15, 0.2) is 0 Å². The highest BCUT2D eigenvalue weighted by Gasteiger charge is 2.12. The van der Waals surface area contributed by atoms with Crippen LogP contribution in [0.1, 0.15) is 20.8 Å². The quantitative estimate of drug-likeness (QED) is 0.437. The number of rotatable bonds is 4. The molecule has 0 aromatic carbocycles. The molecule has 0 spiro atoms. The molecular formula is C8H18N4O. The average molecular weight is 186 g/mol. The zero-order valence-electron chi connectivity index (χ0n) is 8.42. The molecule has 4 N–H and O–H groups in total. The van der Waals surface area contributed by atoms with Gasteiger partial charge in [0, 0.05) is 12.6 Å². The molecule has 0 aromatic rings. The Morgan fingerprint density at radius 1 is 1.62 bits per heavy atom. The van der Waals surface area contributed by atoms with Crippen LogP contribution in [0.25, 0.3) is 0 Å². The van der Waals surface area contributed by atoms with Gasteiger partial charge in [0.1, 0.15) is 5.84 Å². The lowest BCUT2D eigenvalue weighted by Gasteiger charge is -2.21. The summed E-state index contributed by atoms with van der Waals surface area (Å²) in [6.45, 7) is 6.37. The number of hydrogen-bond donors (Lipinski definition) is 3. The fourth-order valence-corrected chi connectivity index (χ4v) is 0.871. The summed E-state index contributed by atoms with van der Waals surface area (Å²) in [5.41, 5.74) is 5.20. The minimum atomic E-state index is -0.173. The van der Waals surface area contributed by atoms with E-state index in [0.717, 1.165) is 0 Å². The van der Waals surface area contributed by atoms with Crippen molar-refractivity contribution in [3.8, 4) is 0 Å². The van der Waals surface area contributed by atoms with Crippen molar-refractivity contribution in [1.82, 2.24) is 10.2 Å². The number of urea groups is 1. The number of nitrogens with two attached hydrogens (primary N) is 1. The highest BCUT2D eigenvalue weighted by molar-refractivity contribution is 5.84. The van der Waals surface area contributed by atoms with Crippen LogP contribution in [0, 0.1) is 5.41 Å². The van der Waals surface area contributed by atoms with E-state index in [1.807, 2.05) is 20.8 Å². The Labute approximate surface area is 78.8 Å². The van der Waals surface area contributed by atoms with Gasteiger partial charge in [-0.1, -0.05) is 0 Å². The first kappa shape index (κ1) is 11.7. The van der Waals surface area contributed by atoms with Gasteiger partial charge in [0.25, 0.3) is 0 Å². The van der Waals surface area contributed by atoms with E-state index in [1.165, 1.54) is 4.90 Å². The van der Waals surface area contributed by atoms with E-state index < -0.39 is 0 Å². The number of carbonyl (C=O) groups is 1. The van der Waals surface area contributed by atoms with Crippen LogP contribution in [0.5, 0.6) is 0 Å². The molecule has 0 aromatic heterocycles. The predicted octanol–water partition coefficient (Wildman–Crippen LogP) is 0.362. The third-order valence-electron chi connectivity index (χ3n) is 1.44. The first-order valence-electron chi connectivity index (χ1n) is 4.35. The summed E-state index contributed by atoms with van der Waals surface area (Å²) in [5.74, 6) is 0.000700. The van der Waals surface area contributed by atoms with Gasteiger partial charge in [-0.3, -0.25) is 5.41 Å². The first-order chi connectivity index (χ1) is 5.97. The van der Waals surface area contributed by atoms with Gasteiger partial charge in [-0.2, -0.15) is 0 Å². The van der Waals surface area contributed by atoms with Gasteiger partial charge in [-0.05, 0) is 20.8 Å². The van der Waals surface area contributed by atoms with Crippen LogP contribution in [-0.4, -0.2) is 35.9 Å². The van der Waals surface area contributed by atoms with E-state index >= 15 is 0 Å². The third kappa shape index (κ3) is 5.05. The maximum atomic E-state index is 11.4. The van der Waals surface area contributed by atoms with Crippen LogP contribution in [0.15, 0.2) is 0 Å². The normalized spacial score (nSPS) is 9.85. The molecule has 0 aliphatic heterocycles. The SMILES string of the molecule is CCN(CC(=N)N)C(=O)NC(C)C. The highest BCUT2D eigenvalue weighted by Crippen LogP contribution is 1.90. The molecule has 0 bridgehead atoms. The van der Waals surface area contributed by atoms with Crippen LogP contribution >= 0.6 is 0 Å². The zero-order chi connectivity index (χ0) is 10.4. The van der Waals surface area contributed by atoms with Gasteiger partial charge in [-0.15, -0.1) is 0 Å². The minimum absolute atomic E-state index is 0.000700. The number of hydrogen-bond acceptors (Lipinski definition) is 2. The molecule has 0 heterocycles. The van der Waals surface area contributed by atoms with Crippen molar-refractivity contribution >= 4 is 11.9 Å². The summed E-state index contributed by atoms with van der Waals surface area (Å²) >= 11 is 0. The monoisotopic (exact) mass is 186 g/mol. The van der Waals surface area contributed by atoms with Crippen molar-refractivity contribution in [2.75, 3.05) is 13.1 Å². The van der Waals surface area contributed by atoms with Crippen LogP contribution < -0.4 is 11.1 Å². The van der Waals surface area contributed by atoms with Crippen molar-refractivity contribution in [2.45, 2.75) is 26.8 Å². The van der Waals surface area contributed by atoms with Gasteiger partial charge >= 0.3 is 6.03 Å². The van der Waals surface area contributed by atoms with Crippen LogP contribution in [0.3, 0.4) is 0 Å². The predicted molar refractivity (Wildman–Crippen MR) is 52.8 cm³/mol. The summed E-state index contributed by atoms with van der Waals surface area (Å²) in [7, 11) is 0. The molecule has 2 amide bonds. The lowest BCUT2D eigenvalue weighted by molar-refractivity contribution is 0.204. The van der Waals surface area contributed by atoms with Crippen molar-refractivity contribution < 1.29 is 4.79 Å². The van der Waals surface area contributed by atoms with E-state index in [1.54, 1.807) is 0 Å². The van der Waals surface area contributed by atoms with E-state index in [-0.39, 0.29) is 24.5 Å². The third-order valence-corrected chi connectivity index (χ3v) is 1.44. The van der Waals surface area contributed by atoms with Crippen molar-refractivity contribution in [3.63, 3.8) is 0 Å².